The molecule has 0 bridgehead atoms. The maximum absolute atomic E-state index is 6.10. The molecule has 146 valence electrons. The largest absolute Gasteiger partial charge is 0.493 e. The summed E-state index contributed by atoms with van der Waals surface area (Å²) in [6, 6.07) is 11.9. The molecule has 0 fully saturated rings. The average Bonchev–Trinajstić information content (AvgIpc) is 3.10. The zero-order chi connectivity index (χ0) is 19.9. The minimum absolute atomic E-state index is 0.446. The van der Waals surface area contributed by atoms with E-state index >= 15 is 0 Å². The molecule has 0 amide bonds. The van der Waals surface area contributed by atoms with Gasteiger partial charge in [-0.05, 0) is 67.5 Å². The fraction of sp³-hybridized carbons (Fsp3) is 0.400. The van der Waals surface area contributed by atoms with Crippen LogP contribution in [0.25, 0.3) is 11.1 Å². The number of hydrogen-bond acceptors (Lipinski definition) is 3. The number of nitrogens with zero attached hydrogens (tertiary/aromatic N) is 1. The topological polar surface area (TPSA) is 35.3 Å². The van der Waals surface area contributed by atoms with Crippen LogP contribution < -0.4 is 4.74 Å². The van der Waals surface area contributed by atoms with E-state index in [4.69, 9.17) is 9.15 Å². The van der Waals surface area contributed by atoms with Gasteiger partial charge in [-0.15, -0.1) is 0 Å². The highest BCUT2D eigenvalue weighted by Gasteiger charge is 2.09. The van der Waals surface area contributed by atoms with Crippen LogP contribution in [0.4, 0.5) is 0 Å². The van der Waals surface area contributed by atoms with Gasteiger partial charge in [-0.1, -0.05) is 51.2 Å². The Morgan fingerprint density at radius 3 is 2.50 bits per heavy atom. The zero-order valence-electron chi connectivity index (χ0n) is 17.3. The summed E-state index contributed by atoms with van der Waals surface area (Å²) >= 11 is 0. The van der Waals surface area contributed by atoms with E-state index in [1.54, 1.807) is 0 Å². The third kappa shape index (κ3) is 4.95. The van der Waals surface area contributed by atoms with E-state index in [1.165, 1.54) is 19.3 Å². The van der Waals surface area contributed by atoms with Crippen LogP contribution in [-0.4, -0.2) is 11.6 Å². The van der Waals surface area contributed by atoms with Crippen molar-refractivity contribution in [1.29, 1.82) is 0 Å². The number of para-hydroxylation sites is 2. The number of aromatic nitrogens is 1. The van der Waals surface area contributed by atoms with E-state index in [9.17, 15) is 0 Å². The maximum Gasteiger partial charge on any atom is 0.274 e. The molecule has 3 heteroatoms. The zero-order valence-corrected chi connectivity index (χ0v) is 17.3. The molecule has 0 aliphatic heterocycles. The van der Waals surface area contributed by atoms with Crippen molar-refractivity contribution in [2.75, 3.05) is 6.61 Å². The molecule has 3 nitrogen and oxygen atoms in total. The monoisotopic (exact) mass is 375 g/mol. The summed E-state index contributed by atoms with van der Waals surface area (Å²) in [4.78, 5) is 4.42. The van der Waals surface area contributed by atoms with Crippen molar-refractivity contribution in [1.82, 2.24) is 4.98 Å². The van der Waals surface area contributed by atoms with Gasteiger partial charge in [0.1, 0.15) is 11.3 Å². The molecular formula is C25H29NO2. The molecule has 0 aliphatic rings. The van der Waals surface area contributed by atoms with Gasteiger partial charge in [0.2, 0.25) is 0 Å². The standard InChI is InChI=1S/C25H29NO2/c1-5-7-10-20(6-2)17-27-21-15-18(3)22(19(4)16-21)13-14-25-26-23-11-8-9-12-24(23)28-25/h8-9,11-12,15-16,20H,5-7,10,17H2,1-4H3. The van der Waals surface area contributed by atoms with Gasteiger partial charge in [0, 0.05) is 5.56 Å². The van der Waals surface area contributed by atoms with E-state index in [0.717, 1.165) is 46.6 Å². The number of unbranched alkanes of at least 4 members (excludes halogenated alkanes) is 1. The van der Waals surface area contributed by atoms with Crippen molar-refractivity contribution in [3.05, 3.63) is 59.0 Å². The third-order valence-electron chi connectivity index (χ3n) is 5.12. The van der Waals surface area contributed by atoms with Crippen LogP contribution in [0.3, 0.4) is 0 Å². The first kappa shape index (κ1) is 20.0. The number of benzene rings is 2. The maximum atomic E-state index is 6.10. The number of hydrogen-bond donors (Lipinski definition) is 0. The summed E-state index contributed by atoms with van der Waals surface area (Å²) in [7, 11) is 0. The fourth-order valence-electron chi connectivity index (χ4n) is 3.36. The predicted molar refractivity (Wildman–Crippen MR) is 115 cm³/mol. The quantitative estimate of drug-likeness (QED) is 0.446. The second kappa shape index (κ2) is 9.46. The molecule has 2 aromatic carbocycles. The summed E-state index contributed by atoms with van der Waals surface area (Å²) < 4.78 is 11.8. The fourth-order valence-corrected chi connectivity index (χ4v) is 3.36. The number of fused-ring (bicyclic) bond motifs is 1. The van der Waals surface area contributed by atoms with Crippen LogP contribution in [0, 0.1) is 31.6 Å². The lowest BCUT2D eigenvalue weighted by Gasteiger charge is -2.16. The van der Waals surface area contributed by atoms with E-state index in [2.05, 4.69) is 56.7 Å². The first-order chi connectivity index (χ1) is 13.6. The van der Waals surface area contributed by atoms with Crippen molar-refractivity contribution in [3.63, 3.8) is 0 Å². The Balaban J connectivity index is 1.73. The molecule has 1 heterocycles. The number of rotatable bonds is 7. The van der Waals surface area contributed by atoms with E-state index in [1.807, 2.05) is 24.3 Å². The summed E-state index contributed by atoms with van der Waals surface area (Å²) in [6.45, 7) is 9.41. The van der Waals surface area contributed by atoms with Crippen molar-refractivity contribution < 1.29 is 9.15 Å². The number of oxazole rings is 1. The minimum Gasteiger partial charge on any atom is -0.493 e. The molecule has 0 saturated heterocycles. The Morgan fingerprint density at radius 1 is 1.07 bits per heavy atom. The highest BCUT2D eigenvalue weighted by atomic mass is 16.5. The SMILES string of the molecule is CCCCC(CC)COc1cc(C)c(C#Cc2nc3ccccc3o2)c(C)c1. The van der Waals surface area contributed by atoms with Crippen molar-refractivity contribution in [2.45, 2.75) is 53.4 Å². The van der Waals surface area contributed by atoms with Gasteiger partial charge in [-0.2, -0.15) is 0 Å². The molecule has 0 N–H and O–H groups in total. The molecule has 3 rings (SSSR count). The lowest BCUT2D eigenvalue weighted by Crippen LogP contribution is -2.11. The summed E-state index contributed by atoms with van der Waals surface area (Å²) in [5, 5.41) is 0. The van der Waals surface area contributed by atoms with Gasteiger partial charge in [-0.3, -0.25) is 0 Å². The first-order valence-corrected chi connectivity index (χ1v) is 10.2. The Hall–Kier alpha value is -2.73. The normalized spacial score (nSPS) is 11.9. The smallest absolute Gasteiger partial charge is 0.274 e. The molecule has 1 aromatic heterocycles. The Bertz CT molecular complexity index is 934. The molecule has 0 radical (unpaired) electrons. The average molecular weight is 376 g/mol. The van der Waals surface area contributed by atoms with Crippen LogP contribution in [0.2, 0.25) is 0 Å². The highest BCUT2D eigenvalue weighted by Crippen LogP contribution is 2.23. The molecular weight excluding hydrogens is 346 g/mol. The Kier molecular flexibility index (Phi) is 6.76. The second-order valence-corrected chi connectivity index (χ2v) is 7.40. The van der Waals surface area contributed by atoms with Gasteiger partial charge in [-0.25, -0.2) is 4.98 Å². The van der Waals surface area contributed by atoms with Crippen LogP contribution in [0.5, 0.6) is 5.75 Å². The van der Waals surface area contributed by atoms with Crippen LogP contribution in [-0.2, 0) is 0 Å². The van der Waals surface area contributed by atoms with Gasteiger partial charge in [0.05, 0.1) is 6.61 Å². The minimum atomic E-state index is 0.446. The summed E-state index contributed by atoms with van der Waals surface area (Å²) in [5.74, 6) is 8.29. The number of ether oxygens (including phenoxy) is 1. The van der Waals surface area contributed by atoms with E-state index in [-0.39, 0.29) is 0 Å². The molecule has 1 atom stereocenters. The van der Waals surface area contributed by atoms with Crippen molar-refractivity contribution in [3.8, 4) is 17.6 Å². The first-order valence-electron chi connectivity index (χ1n) is 10.2. The van der Waals surface area contributed by atoms with Gasteiger partial charge < -0.3 is 9.15 Å². The van der Waals surface area contributed by atoms with E-state index < -0.39 is 0 Å². The van der Waals surface area contributed by atoms with Gasteiger partial charge >= 0.3 is 0 Å². The molecule has 28 heavy (non-hydrogen) atoms. The molecule has 3 aromatic rings. The molecule has 0 spiro atoms. The van der Waals surface area contributed by atoms with Crippen LogP contribution >= 0.6 is 0 Å². The third-order valence-corrected chi connectivity index (χ3v) is 5.12. The lowest BCUT2D eigenvalue weighted by molar-refractivity contribution is 0.233. The van der Waals surface area contributed by atoms with Crippen LogP contribution in [0.1, 0.15) is 62.1 Å². The Morgan fingerprint density at radius 2 is 1.82 bits per heavy atom. The van der Waals surface area contributed by atoms with Gasteiger partial charge in [0.15, 0.2) is 5.58 Å². The molecule has 0 saturated carbocycles. The highest BCUT2D eigenvalue weighted by molar-refractivity contribution is 5.72. The van der Waals surface area contributed by atoms with Crippen molar-refractivity contribution >= 4 is 11.1 Å². The predicted octanol–water partition coefficient (Wildman–Crippen LogP) is 6.44. The second-order valence-electron chi connectivity index (χ2n) is 7.40. The number of aryl methyl sites for hydroxylation is 2. The summed E-state index contributed by atoms with van der Waals surface area (Å²) in [6.07, 6.45) is 4.90. The molecule has 1 unspecified atom stereocenters. The summed E-state index contributed by atoms with van der Waals surface area (Å²) in [5.41, 5.74) is 4.82. The van der Waals surface area contributed by atoms with Crippen molar-refractivity contribution in [2.24, 2.45) is 5.92 Å². The molecule has 0 aliphatic carbocycles. The van der Waals surface area contributed by atoms with E-state index in [0.29, 0.717) is 11.8 Å². The lowest BCUT2D eigenvalue weighted by atomic mass is 10.0. The Labute approximate surface area is 168 Å². The van der Waals surface area contributed by atoms with Gasteiger partial charge in [0.25, 0.3) is 5.89 Å². The van der Waals surface area contributed by atoms with Crippen LogP contribution in [0.15, 0.2) is 40.8 Å².